The molecule has 0 spiro atoms. The fraction of sp³-hybridized carbons (Fsp3) is 0.200. The van der Waals surface area contributed by atoms with Crippen molar-refractivity contribution >= 4 is 26.8 Å². The molecule has 13 heavy (non-hydrogen) atoms. The second-order valence-corrected chi connectivity index (χ2v) is 4.03. The number of rotatable bonds is 1. The lowest BCUT2D eigenvalue weighted by molar-refractivity contribution is 0.201. The zero-order valence-electron chi connectivity index (χ0n) is 7.21. The summed E-state index contributed by atoms with van der Waals surface area (Å²) in [5, 5.41) is 10.5. The van der Waals surface area contributed by atoms with Crippen molar-refractivity contribution in [2.45, 2.75) is 13.0 Å². The molecule has 3 heteroatoms. The van der Waals surface area contributed by atoms with Gasteiger partial charge in [0.1, 0.15) is 0 Å². The third-order valence-electron chi connectivity index (χ3n) is 2.13. The first kappa shape index (κ1) is 8.78. The van der Waals surface area contributed by atoms with E-state index in [9.17, 15) is 5.11 Å². The molecule has 2 aromatic rings. The van der Waals surface area contributed by atoms with Crippen LogP contribution in [0.4, 0.5) is 0 Å². The summed E-state index contributed by atoms with van der Waals surface area (Å²) in [6.07, 6.45) is 1.43. The fourth-order valence-corrected chi connectivity index (χ4v) is 1.83. The summed E-state index contributed by atoms with van der Waals surface area (Å²) in [5.74, 6) is 0. The SMILES string of the molecule is C[C@H](O)c1c[nH]c2cc(Br)ccc12. The van der Waals surface area contributed by atoms with E-state index >= 15 is 0 Å². The van der Waals surface area contributed by atoms with Crippen LogP contribution in [0.3, 0.4) is 0 Å². The molecule has 0 amide bonds. The van der Waals surface area contributed by atoms with E-state index in [4.69, 9.17) is 0 Å². The van der Waals surface area contributed by atoms with Gasteiger partial charge in [-0.15, -0.1) is 0 Å². The van der Waals surface area contributed by atoms with Gasteiger partial charge in [0.25, 0.3) is 0 Å². The average Bonchev–Trinajstić information content (AvgIpc) is 2.46. The topological polar surface area (TPSA) is 36.0 Å². The Morgan fingerprint density at radius 1 is 1.46 bits per heavy atom. The molecule has 2 nitrogen and oxygen atoms in total. The second kappa shape index (κ2) is 3.16. The number of H-pyrrole nitrogens is 1. The molecule has 2 rings (SSSR count). The number of nitrogens with one attached hydrogen (secondary N) is 1. The van der Waals surface area contributed by atoms with E-state index in [0.717, 1.165) is 20.9 Å². The number of hydrogen-bond donors (Lipinski definition) is 2. The summed E-state index contributed by atoms with van der Waals surface area (Å²) in [6.45, 7) is 1.77. The van der Waals surface area contributed by atoms with Crippen LogP contribution in [-0.2, 0) is 0 Å². The lowest BCUT2D eigenvalue weighted by atomic mass is 10.1. The first-order valence-corrected chi connectivity index (χ1v) is 4.92. The molecule has 0 aliphatic carbocycles. The molecule has 0 saturated heterocycles. The molecule has 1 aromatic carbocycles. The van der Waals surface area contributed by atoms with Gasteiger partial charge >= 0.3 is 0 Å². The normalized spacial score (nSPS) is 13.5. The van der Waals surface area contributed by atoms with Gasteiger partial charge in [0, 0.05) is 27.1 Å². The molecule has 0 aliphatic rings. The van der Waals surface area contributed by atoms with E-state index in [2.05, 4.69) is 20.9 Å². The molecule has 1 heterocycles. The van der Waals surface area contributed by atoms with E-state index in [0.29, 0.717) is 0 Å². The molecule has 2 N–H and O–H groups in total. The van der Waals surface area contributed by atoms with Gasteiger partial charge in [0.2, 0.25) is 0 Å². The Kier molecular flexibility index (Phi) is 2.14. The van der Waals surface area contributed by atoms with Crippen molar-refractivity contribution in [1.82, 2.24) is 4.98 Å². The summed E-state index contributed by atoms with van der Waals surface area (Å²) < 4.78 is 1.04. The third-order valence-corrected chi connectivity index (χ3v) is 2.62. The third kappa shape index (κ3) is 1.49. The molecule has 1 atom stereocenters. The molecule has 0 bridgehead atoms. The number of aliphatic hydroxyl groups excluding tert-OH is 1. The predicted molar refractivity (Wildman–Crippen MR) is 56.6 cm³/mol. The van der Waals surface area contributed by atoms with E-state index in [-0.39, 0.29) is 0 Å². The van der Waals surface area contributed by atoms with Crippen LogP contribution < -0.4 is 0 Å². The Labute approximate surface area is 84.7 Å². The number of hydrogen-bond acceptors (Lipinski definition) is 1. The van der Waals surface area contributed by atoms with E-state index in [1.54, 1.807) is 6.92 Å². The highest BCUT2D eigenvalue weighted by Gasteiger charge is 2.07. The largest absolute Gasteiger partial charge is 0.389 e. The van der Waals surface area contributed by atoms with Crippen LogP contribution in [0.2, 0.25) is 0 Å². The van der Waals surface area contributed by atoms with Crippen LogP contribution in [0.25, 0.3) is 10.9 Å². The molecule has 0 unspecified atom stereocenters. The smallest absolute Gasteiger partial charge is 0.0782 e. The highest BCUT2D eigenvalue weighted by molar-refractivity contribution is 9.10. The lowest BCUT2D eigenvalue weighted by Gasteiger charge is -2.00. The highest BCUT2D eigenvalue weighted by Crippen LogP contribution is 2.26. The van der Waals surface area contributed by atoms with Crippen LogP contribution in [0.15, 0.2) is 28.9 Å². The molecule has 1 aromatic heterocycles. The minimum Gasteiger partial charge on any atom is -0.389 e. The molecular weight excluding hydrogens is 230 g/mol. The average molecular weight is 240 g/mol. The monoisotopic (exact) mass is 239 g/mol. The van der Waals surface area contributed by atoms with Crippen molar-refractivity contribution in [1.29, 1.82) is 0 Å². The van der Waals surface area contributed by atoms with Gasteiger partial charge in [-0.25, -0.2) is 0 Å². The Balaban J connectivity index is 2.69. The molecule has 68 valence electrons. The van der Waals surface area contributed by atoms with E-state index in [1.807, 2.05) is 24.4 Å². The first-order valence-electron chi connectivity index (χ1n) is 4.13. The number of aliphatic hydroxyl groups is 1. The zero-order valence-corrected chi connectivity index (χ0v) is 8.80. The lowest BCUT2D eigenvalue weighted by Crippen LogP contribution is -1.87. The van der Waals surface area contributed by atoms with Crippen LogP contribution >= 0.6 is 15.9 Å². The van der Waals surface area contributed by atoms with E-state index < -0.39 is 6.10 Å². The van der Waals surface area contributed by atoms with Gasteiger partial charge in [0.15, 0.2) is 0 Å². The molecule has 0 aliphatic heterocycles. The van der Waals surface area contributed by atoms with Gasteiger partial charge in [-0.1, -0.05) is 22.0 Å². The summed E-state index contributed by atoms with van der Waals surface area (Å²) in [4.78, 5) is 3.12. The Hall–Kier alpha value is -0.800. The zero-order chi connectivity index (χ0) is 9.42. The Bertz CT molecular complexity index is 433. The van der Waals surface area contributed by atoms with Crippen LogP contribution in [-0.4, -0.2) is 10.1 Å². The van der Waals surface area contributed by atoms with Gasteiger partial charge < -0.3 is 10.1 Å². The molecule has 0 radical (unpaired) electrons. The number of aromatic amines is 1. The first-order chi connectivity index (χ1) is 6.18. The van der Waals surface area contributed by atoms with Gasteiger partial charge in [-0.2, -0.15) is 0 Å². The number of halogens is 1. The summed E-state index contributed by atoms with van der Waals surface area (Å²) in [5.41, 5.74) is 1.99. The maximum absolute atomic E-state index is 9.45. The molecular formula is C10H10BrNO. The maximum atomic E-state index is 9.45. The number of fused-ring (bicyclic) bond motifs is 1. The van der Waals surface area contributed by atoms with Crippen molar-refractivity contribution in [3.8, 4) is 0 Å². The highest BCUT2D eigenvalue weighted by atomic mass is 79.9. The Morgan fingerprint density at radius 2 is 2.23 bits per heavy atom. The van der Waals surface area contributed by atoms with Crippen molar-refractivity contribution in [3.05, 3.63) is 34.4 Å². The van der Waals surface area contributed by atoms with Crippen LogP contribution in [0.5, 0.6) is 0 Å². The van der Waals surface area contributed by atoms with Gasteiger partial charge in [-0.05, 0) is 19.1 Å². The quantitative estimate of drug-likeness (QED) is 0.789. The van der Waals surface area contributed by atoms with Crippen molar-refractivity contribution in [3.63, 3.8) is 0 Å². The Morgan fingerprint density at radius 3 is 2.92 bits per heavy atom. The van der Waals surface area contributed by atoms with Crippen molar-refractivity contribution < 1.29 is 5.11 Å². The van der Waals surface area contributed by atoms with Crippen molar-refractivity contribution in [2.75, 3.05) is 0 Å². The summed E-state index contributed by atoms with van der Waals surface area (Å²) in [6, 6.07) is 5.97. The second-order valence-electron chi connectivity index (χ2n) is 3.11. The van der Waals surface area contributed by atoms with E-state index in [1.165, 1.54) is 0 Å². The predicted octanol–water partition coefficient (Wildman–Crippen LogP) is 2.98. The van der Waals surface area contributed by atoms with Gasteiger partial charge in [-0.3, -0.25) is 0 Å². The minimum absolute atomic E-state index is 0.421. The maximum Gasteiger partial charge on any atom is 0.0782 e. The number of aromatic nitrogens is 1. The number of benzene rings is 1. The van der Waals surface area contributed by atoms with Gasteiger partial charge in [0.05, 0.1) is 6.10 Å². The fourth-order valence-electron chi connectivity index (χ4n) is 1.47. The summed E-state index contributed by atoms with van der Waals surface area (Å²) >= 11 is 3.40. The standard InChI is InChI=1S/C10H10BrNO/c1-6(13)9-5-12-10-4-7(11)2-3-8(9)10/h2-6,12-13H,1H3/t6-/m0/s1. The van der Waals surface area contributed by atoms with Crippen molar-refractivity contribution in [2.24, 2.45) is 0 Å². The summed E-state index contributed by atoms with van der Waals surface area (Å²) in [7, 11) is 0. The molecule has 0 saturated carbocycles. The minimum atomic E-state index is -0.421. The van der Waals surface area contributed by atoms with Crippen LogP contribution in [0, 0.1) is 0 Å². The van der Waals surface area contributed by atoms with Crippen LogP contribution in [0.1, 0.15) is 18.6 Å². The molecule has 0 fully saturated rings.